The smallest absolute Gasteiger partial charge is 0.244 e. The molecule has 0 heterocycles. The van der Waals surface area contributed by atoms with E-state index in [4.69, 9.17) is 14.2 Å². The van der Waals surface area contributed by atoms with Gasteiger partial charge in [0.25, 0.3) is 0 Å². The number of hydrogen-bond donors (Lipinski definition) is 1. The van der Waals surface area contributed by atoms with E-state index in [1.54, 1.807) is 12.1 Å². The van der Waals surface area contributed by atoms with Crippen molar-refractivity contribution in [3.05, 3.63) is 48.0 Å². The van der Waals surface area contributed by atoms with Crippen molar-refractivity contribution in [1.29, 1.82) is 0 Å². The van der Waals surface area contributed by atoms with Crippen LogP contribution in [0, 0.1) is 0 Å². The van der Waals surface area contributed by atoms with Gasteiger partial charge in [0.05, 0.1) is 27.4 Å². The molecule has 1 atom stereocenters. The lowest BCUT2D eigenvalue weighted by Gasteiger charge is -2.28. The molecular weight excluding hydrogens is 360 g/mol. The summed E-state index contributed by atoms with van der Waals surface area (Å²) >= 11 is 0. The van der Waals surface area contributed by atoms with Gasteiger partial charge in [0.2, 0.25) is 17.6 Å². The van der Waals surface area contributed by atoms with Gasteiger partial charge in [-0.3, -0.25) is 9.59 Å². The lowest BCUT2D eigenvalue weighted by Crippen LogP contribution is -2.38. The Labute approximate surface area is 165 Å². The first-order valence-electron chi connectivity index (χ1n) is 8.83. The Balaban J connectivity index is 2.18. The molecule has 1 unspecified atom stereocenters. The molecule has 0 aliphatic carbocycles. The summed E-state index contributed by atoms with van der Waals surface area (Å²) in [5.41, 5.74) is 1.44. The van der Waals surface area contributed by atoms with Gasteiger partial charge in [0.1, 0.15) is 6.54 Å². The minimum atomic E-state index is -0.327. The van der Waals surface area contributed by atoms with E-state index in [1.165, 1.54) is 33.2 Å². The van der Waals surface area contributed by atoms with Crippen molar-refractivity contribution in [3.8, 4) is 17.2 Å². The van der Waals surface area contributed by atoms with Crippen LogP contribution in [-0.2, 0) is 9.59 Å². The van der Waals surface area contributed by atoms with Crippen LogP contribution in [0.25, 0.3) is 0 Å². The second-order valence-corrected chi connectivity index (χ2v) is 6.20. The fourth-order valence-electron chi connectivity index (χ4n) is 2.94. The van der Waals surface area contributed by atoms with Crippen LogP contribution >= 0.6 is 0 Å². The third kappa shape index (κ3) is 4.94. The summed E-state index contributed by atoms with van der Waals surface area (Å²) in [6.07, 6.45) is 0. The molecule has 2 rings (SSSR count). The summed E-state index contributed by atoms with van der Waals surface area (Å²) in [6.45, 7) is 3.26. The summed E-state index contributed by atoms with van der Waals surface area (Å²) in [4.78, 5) is 26.2. The lowest BCUT2D eigenvalue weighted by molar-refractivity contribution is -0.134. The van der Waals surface area contributed by atoms with Crippen LogP contribution in [0.2, 0.25) is 0 Å². The molecule has 2 amide bonds. The minimum absolute atomic E-state index is 0.0813. The molecule has 0 radical (unpaired) electrons. The highest BCUT2D eigenvalue weighted by Gasteiger charge is 2.22. The fraction of sp³-hybridized carbons (Fsp3) is 0.333. The van der Waals surface area contributed by atoms with Crippen molar-refractivity contribution >= 4 is 17.5 Å². The second kappa shape index (κ2) is 9.64. The van der Waals surface area contributed by atoms with E-state index >= 15 is 0 Å². The highest BCUT2D eigenvalue weighted by atomic mass is 16.5. The third-order valence-corrected chi connectivity index (χ3v) is 4.42. The third-order valence-electron chi connectivity index (χ3n) is 4.42. The van der Waals surface area contributed by atoms with Crippen LogP contribution < -0.4 is 19.5 Å². The maximum Gasteiger partial charge on any atom is 0.244 e. The number of amides is 2. The molecular formula is C21H26N2O5. The fourth-order valence-corrected chi connectivity index (χ4v) is 2.94. The number of ether oxygens (including phenoxy) is 3. The Morgan fingerprint density at radius 3 is 2.04 bits per heavy atom. The molecule has 0 saturated carbocycles. The van der Waals surface area contributed by atoms with Gasteiger partial charge in [-0.25, -0.2) is 0 Å². The average Bonchev–Trinajstić information content (AvgIpc) is 2.71. The van der Waals surface area contributed by atoms with Crippen molar-refractivity contribution in [2.45, 2.75) is 19.9 Å². The van der Waals surface area contributed by atoms with Gasteiger partial charge >= 0.3 is 0 Å². The number of carbonyl (C=O) groups excluding carboxylic acids is 2. The molecule has 0 fully saturated rings. The molecule has 0 bridgehead atoms. The highest BCUT2D eigenvalue weighted by Crippen LogP contribution is 2.39. The van der Waals surface area contributed by atoms with Gasteiger partial charge < -0.3 is 24.4 Å². The molecule has 2 aromatic carbocycles. The topological polar surface area (TPSA) is 77.1 Å². The summed E-state index contributed by atoms with van der Waals surface area (Å²) < 4.78 is 15.9. The monoisotopic (exact) mass is 386 g/mol. The molecule has 2 aromatic rings. The van der Waals surface area contributed by atoms with Gasteiger partial charge in [0, 0.05) is 24.7 Å². The van der Waals surface area contributed by atoms with E-state index in [1.807, 2.05) is 37.3 Å². The molecule has 7 nitrogen and oxygen atoms in total. The second-order valence-electron chi connectivity index (χ2n) is 6.20. The first-order chi connectivity index (χ1) is 13.4. The van der Waals surface area contributed by atoms with Gasteiger partial charge in [-0.15, -0.1) is 0 Å². The number of rotatable bonds is 8. The number of hydrogen-bond acceptors (Lipinski definition) is 5. The summed E-state index contributed by atoms with van der Waals surface area (Å²) in [5, 5.41) is 2.79. The first kappa shape index (κ1) is 21.1. The quantitative estimate of drug-likeness (QED) is 0.754. The largest absolute Gasteiger partial charge is 0.493 e. The van der Waals surface area contributed by atoms with Crippen LogP contribution in [0.4, 0.5) is 5.69 Å². The molecule has 150 valence electrons. The molecule has 0 aliphatic rings. The number of methoxy groups -OCH3 is 3. The van der Waals surface area contributed by atoms with Gasteiger partial charge in [-0.2, -0.15) is 0 Å². The molecule has 0 aliphatic heterocycles. The molecule has 0 saturated heterocycles. The predicted molar refractivity (Wildman–Crippen MR) is 107 cm³/mol. The van der Waals surface area contributed by atoms with Crippen LogP contribution in [0.5, 0.6) is 17.2 Å². The van der Waals surface area contributed by atoms with Crippen molar-refractivity contribution in [3.63, 3.8) is 0 Å². The zero-order valence-corrected chi connectivity index (χ0v) is 16.8. The molecule has 0 spiro atoms. The van der Waals surface area contributed by atoms with E-state index in [2.05, 4.69) is 5.32 Å². The van der Waals surface area contributed by atoms with Crippen LogP contribution in [0.1, 0.15) is 25.5 Å². The van der Waals surface area contributed by atoms with E-state index in [-0.39, 0.29) is 24.4 Å². The normalized spacial score (nSPS) is 11.3. The van der Waals surface area contributed by atoms with E-state index < -0.39 is 0 Å². The Kier molecular flexibility index (Phi) is 7.26. The first-order valence-corrected chi connectivity index (χ1v) is 8.83. The van der Waals surface area contributed by atoms with E-state index in [9.17, 15) is 9.59 Å². The number of benzene rings is 2. The summed E-state index contributed by atoms with van der Waals surface area (Å²) in [5.74, 6) is 0.783. The van der Waals surface area contributed by atoms with Crippen molar-refractivity contribution in [1.82, 2.24) is 4.90 Å². The maximum absolute atomic E-state index is 12.6. The minimum Gasteiger partial charge on any atom is -0.493 e. The lowest BCUT2D eigenvalue weighted by atomic mass is 10.1. The average molecular weight is 386 g/mol. The van der Waals surface area contributed by atoms with Crippen molar-refractivity contribution in [2.24, 2.45) is 0 Å². The standard InChI is InChI=1S/C21H26N2O5/c1-14(16-9-7-6-8-10-16)23(15(2)24)13-20(25)22-17-11-18(26-3)21(28-5)19(12-17)27-4/h6-12,14H,13H2,1-5H3,(H,22,25). The SMILES string of the molecule is COc1cc(NC(=O)CN(C(C)=O)C(C)c2ccccc2)cc(OC)c1OC. The Morgan fingerprint density at radius 2 is 1.57 bits per heavy atom. The summed E-state index contributed by atoms with van der Waals surface area (Å²) in [7, 11) is 4.51. The number of nitrogens with zero attached hydrogens (tertiary/aromatic N) is 1. The van der Waals surface area contributed by atoms with Crippen molar-refractivity contribution in [2.75, 3.05) is 33.2 Å². The Hall–Kier alpha value is -3.22. The van der Waals surface area contributed by atoms with Gasteiger partial charge in [-0.1, -0.05) is 30.3 Å². The van der Waals surface area contributed by atoms with Crippen LogP contribution in [-0.4, -0.2) is 44.6 Å². The van der Waals surface area contributed by atoms with E-state index in [0.717, 1.165) is 5.56 Å². The zero-order chi connectivity index (χ0) is 20.7. The Bertz CT molecular complexity index is 798. The van der Waals surface area contributed by atoms with E-state index in [0.29, 0.717) is 22.9 Å². The zero-order valence-electron chi connectivity index (χ0n) is 16.8. The number of carbonyl (C=O) groups is 2. The van der Waals surface area contributed by atoms with Crippen molar-refractivity contribution < 1.29 is 23.8 Å². The highest BCUT2D eigenvalue weighted by molar-refractivity contribution is 5.95. The van der Waals surface area contributed by atoms with Gasteiger partial charge in [0.15, 0.2) is 11.5 Å². The molecule has 1 N–H and O–H groups in total. The molecule has 28 heavy (non-hydrogen) atoms. The Morgan fingerprint density at radius 1 is 1.00 bits per heavy atom. The van der Waals surface area contributed by atoms with Crippen LogP contribution in [0.15, 0.2) is 42.5 Å². The number of nitrogens with one attached hydrogen (secondary N) is 1. The molecule has 7 heteroatoms. The van der Waals surface area contributed by atoms with Crippen LogP contribution in [0.3, 0.4) is 0 Å². The maximum atomic E-state index is 12.6. The summed E-state index contributed by atoms with van der Waals surface area (Å²) in [6, 6.07) is 12.6. The van der Waals surface area contributed by atoms with Gasteiger partial charge in [-0.05, 0) is 12.5 Å². The predicted octanol–water partition coefficient (Wildman–Crippen LogP) is 3.26. The molecule has 0 aromatic heterocycles. The number of anilines is 1.